The van der Waals surface area contributed by atoms with Gasteiger partial charge in [0, 0.05) is 19.1 Å². The first kappa shape index (κ1) is 12.6. The molecule has 94 valence electrons. The zero-order valence-electron chi connectivity index (χ0n) is 10.5. The molecular weight excluding hydrogens is 212 g/mol. The van der Waals surface area contributed by atoms with Gasteiger partial charge in [0.05, 0.1) is 6.10 Å². The molecule has 0 saturated carbocycles. The van der Waals surface area contributed by atoms with Gasteiger partial charge in [0.15, 0.2) is 0 Å². The summed E-state index contributed by atoms with van der Waals surface area (Å²) < 4.78 is 0. The van der Waals surface area contributed by atoms with Crippen LogP contribution in [0.1, 0.15) is 30.0 Å². The van der Waals surface area contributed by atoms with E-state index in [1.165, 1.54) is 11.1 Å². The average molecular weight is 234 g/mol. The lowest BCUT2D eigenvalue weighted by molar-refractivity contribution is 0.0480. The summed E-state index contributed by atoms with van der Waals surface area (Å²) in [7, 11) is 0. The van der Waals surface area contributed by atoms with Crippen molar-refractivity contribution >= 4 is 0 Å². The number of aryl methyl sites for hydroxylation is 1. The fourth-order valence-electron chi connectivity index (χ4n) is 2.55. The number of nitrogens with zero attached hydrogens (tertiary/aromatic N) is 1. The predicted molar refractivity (Wildman–Crippen MR) is 69.8 cm³/mol. The van der Waals surface area contributed by atoms with E-state index < -0.39 is 0 Å². The number of aliphatic hydroxyl groups excluding tert-OH is 1. The van der Waals surface area contributed by atoms with Crippen molar-refractivity contribution in [2.24, 2.45) is 5.73 Å². The Balaban J connectivity index is 2.12. The largest absolute Gasteiger partial charge is 0.392 e. The molecule has 2 rings (SSSR count). The van der Waals surface area contributed by atoms with E-state index in [2.05, 4.69) is 36.1 Å². The van der Waals surface area contributed by atoms with Crippen LogP contribution >= 0.6 is 0 Å². The smallest absolute Gasteiger partial charge is 0.0667 e. The Kier molecular flexibility index (Phi) is 4.15. The van der Waals surface area contributed by atoms with Gasteiger partial charge in [-0.3, -0.25) is 4.90 Å². The number of nitrogens with two attached hydrogens (primary N) is 1. The van der Waals surface area contributed by atoms with Gasteiger partial charge in [0.2, 0.25) is 0 Å². The highest BCUT2D eigenvalue weighted by Gasteiger charge is 2.24. The highest BCUT2D eigenvalue weighted by molar-refractivity contribution is 5.24. The first-order valence-electron chi connectivity index (χ1n) is 6.39. The monoisotopic (exact) mass is 234 g/mol. The molecule has 0 spiro atoms. The topological polar surface area (TPSA) is 49.5 Å². The lowest BCUT2D eigenvalue weighted by atomic mass is 10.00. The Morgan fingerprint density at radius 2 is 2.12 bits per heavy atom. The van der Waals surface area contributed by atoms with Crippen LogP contribution in [0.25, 0.3) is 0 Å². The molecule has 1 aromatic rings. The first-order chi connectivity index (χ1) is 8.20. The molecule has 1 fully saturated rings. The van der Waals surface area contributed by atoms with Gasteiger partial charge in [-0.15, -0.1) is 0 Å². The van der Waals surface area contributed by atoms with Crippen molar-refractivity contribution in [1.29, 1.82) is 0 Å². The lowest BCUT2D eigenvalue weighted by Crippen LogP contribution is -2.43. The third kappa shape index (κ3) is 3.06. The van der Waals surface area contributed by atoms with Gasteiger partial charge in [-0.1, -0.05) is 29.8 Å². The summed E-state index contributed by atoms with van der Waals surface area (Å²) in [6.07, 6.45) is 1.79. The van der Waals surface area contributed by atoms with Gasteiger partial charge in [0.1, 0.15) is 0 Å². The highest BCUT2D eigenvalue weighted by Crippen LogP contribution is 2.24. The summed E-state index contributed by atoms with van der Waals surface area (Å²) in [6.45, 7) is 4.48. The molecule has 1 saturated heterocycles. The second-order valence-corrected chi connectivity index (χ2v) is 4.95. The standard InChI is InChI=1S/C14H22N2O/c1-11-4-6-12(7-5-11)14(9-15)16-8-2-3-13(17)10-16/h4-7,13-14,17H,2-3,8-10,15H2,1H3. The SMILES string of the molecule is Cc1ccc(C(CN)N2CCCC(O)C2)cc1. The molecule has 1 aliphatic heterocycles. The Labute approximate surface area is 103 Å². The minimum atomic E-state index is -0.191. The Hall–Kier alpha value is -0.900. The number of β-amino-alcohol motifs (C(OH)–C–C–N with tert-alkyl or cyclic N) is 1. The van der Waals surface area contributed by atoms with Gasteiger partial charge >= 0.3 is 0 Å². The molecule has 0 aromatic heterocycles. The highest BCUT2D eigenvalue weighted by atomic mass is 16.3. The summed E-state index contributed by atoms with van der Waals surface area (Å²) in [5, 5.41) is 9.73. The number of rotatable bonds is 3. The minimum absolute atomic E-state index is 0.191. The van der Waals surface area contributed by atoms with Crippen LogP contribution in [0.3, 0.4) is 0 Å². The Morgan fingerprint density at radius 1 is 1.41 bits per heavy atom. The van der Waals surface area contributed by atoms with Crippen LogP contribution in [0.2, 0.25) is 0 Å². The van der Waals surface area contributed by atoms with Crippen molar-refractivity contribution in [2.75, 3.05) is 19.6 Å². The molecule has 3 nitrogen and oxygen atoms in total. The second kappa shape index (κ2) is 5.63. The maximum Gasteiger partial charge on any atom is 0.0667 e. The molecule has 2 unspecified atom stereocenters. The van der Waals surface area contributed by atoms with Gasteiger partial charge in [-0.05, 0) is 31.9 Å². The molecular formula is C14H22N2O. The molecule has 3 heteroatoms. The number of hydrogen-bond acceptors (Lipinski definition) is 3. The van der Waals surface area contributed by atoms with E-state index in [0.29, 0.717) is 6.54 Å². The first-order valence-corrected chi connectivity index (χ1v) is 6.39. The average Bonchev–Trinajstić information content (AvgIpc) is 2.33. The van der Waals surface area contributed by atoms with Gasteiger partial charge in [-0.25, -0.2) is 0 Å². The van der Waals surface area contributed by atoms with Crippen LogP contribution in [0.15, 0.2) is 24.3 Å². The number of benzene rings is 1. The van der Waals surface area contributed by atoms with Crippen molar-refractivity contribution in [3.05, 3.63) is 35.4 Å². The Morgan fingerprint density at radius 3 is 2.71 bits per heavy atom. The normalized spacial score (nSPS) is 23.6. The number of piperidine rings is 1. The van der Waals surface area contributed by atoms with Crippen molar-refractivity contribution in [3.8, 4) is 0 Å². The number of hydrogen-bond donors (Lipinski definition) is 2. The predicted octanol–water partition coefficient (Wildman–Crippen LogP) is 1.45. The summed E-state index contributed by atoms with van der Waals surface area (Å²) >= 11 is 0. The van der Waals surface area contributed by atoms with E-state index >= 15 is 0 Å². The molecule has 0 aliphatic carbocycles. The Bertz CT molecular complexity index is 350. The molecule has 3 N–H and O–H groups in total. The van der Waals surface area contributed by atoms with Crippen LogP contribution in [0.5, 0.6) is 0 Å². The van der Waals surface area contributed by atoms with E-state index in [4.69, 9.17) is 5.73 Å². The van der Waals surface area contributed by atoms with E-state index in [-0.39, 0.29) is 12.1 Å². The van der Waals surface area contributed by atoms with Gasteiger partial charge in [0.25, 0.3) is 0 Å². The number of aliphatic hydroxyl groups is 1. The van der Waals surface area contributed by atoms with E-state index in [9.17, 15) is 5.11 Å². The quantitative estimate of drug-likeness (QED) is 0.832. The van der Waals surface area contributed by atoms with Crippen LogP contribution < -0.4 is 5.73 Å². The molecule has 0 amide bonds. The molecule has 1 aromatic carbocycles. The molecule has 17 heavy (non-hydrogen) atoms. The lowest BCUT2D eigenvalue weighted by Gasteiger charge is -2.36. The fraction of sp³-hybridized carbons (Fsp3) is 0.571. The van der Waals surface area contributed by atoms with E-state index in [0.717, 1.165) is 25.9 Å². The van der Waals surface area contributed by atoms with Crippen LogP contribution in [0.4, 0.5) is 0 Å². The molecule has 0 radical (unpaired) electrons. The summed E-state index contributed by atoms with van der Waals surface area (Å²) in [5.74, 6) is 0. The van der Waals surface area contributed by atoms with Gasteiger partial charge < -0.3 is 10.8 Å². The molecule has 0 bridgehead atoms. The van der Waals surface area contributed by atoms with Crippen LogP contribution in [-0.4, -0.2) is 35.7 Å². The van der Waals surface area contributed by atoms with Crippen molar-refractivity contribution in [2.45, 2.75) is 31.9 Å². The summed E-state index contributed by atoms with van der Waals surface area (Å²) in [4.78, 5) is 2.30. The fourth-order valence-corrected chi connectivity index (χ4v) is 2.55. The maximum atomic E-state index is 9.73. The zero-order valence-corrected chi connectivity index (χ0v) is 10.5. The summed E-state index contributed by atoms with van der Waals surface area (Å²) in [6, 6.07) is 8.78. The van der Waals surface area contributed by atoms with Gasteiger partial charge in [-0.2, -0.15) is 0 Å². The van der Waals surface area contributed by atoms with Crippen LogP contribution in [-0.2, 0) is 0 Å². The van der Waals surface area contributed by atoms with Crippen molar-refractivity contribution < 1.29 is 5.11 Å². The van der Waals surface area contributed by atoms with E-state index in [1.807, 2.05) is 0 Å². The molecule has 1 aliphatic rings. The zero-order chi connectivity index (χ0) is 12.3. The van der Waals surface area contributed by atoms with Crippen molar-refractivity contribution in [1.82, 2.24) is 4.90 Å². The minimum Gasteiger partial charge on any atom is -0.392 e. The second-order valence-electron chi connectivity index (χ2n) is 4.95. The maximum absolute atomic E-state index is 9.73. The molecule has 2 atom stereocenters. The third-order valence-electron chi connectivity index (χ3n) is 3.55. The summed E-state index contributed by atoms with van der Waals surface area (Å²) in [5.41, 5.74) is 8.42. The van der Waals surface area contributed by atoms with E-state index in [1.54, 1.807) is 0 Å². The van der Waals surface area contributed by atoms with Crippen LogP contribution in [0, 0.1) is 6.92 Å². The van der Waals surface area contributed by atoms with Crippen molar-refractivity contribution in [3.63, 3.8) is 0 Å². The molecule has 1 heterocycles. The third-order valence-corrected chi connectivity index (χ3v) is 3.55. The number of likely N-dealkylation sites (tertiary alicyclic amines) is 1.